The number of carboxylic acids is 1. The summed E-state index contributed by atoms with van der Waals surface area (Å²) in [5.74, 6) is -1.71. The predicted molar refractivity (Wildman–Crippen MR) is 118 cm³/mol. The number of unbranched alkanes of at least 4 members (excludes halogenated alkanes) is 1. The Morgan fingerprint density at radius 3 is 2.39 bits per heavy atom. The van der Waals surface area contributed by atoms with Crippen LogP contribution in [-0.2, 0) is 19.1 Å². The number of ether oxygens (including phenoxy) is 2. The molecule has 0 aromatic rings. The Morgan fingerprint density at radius 2 is 1.79 bits per heavy atom. The van der Waals surface area contributed by atoms with Crippen LogP contribution in [0.2, 0.25) is 0 Å². The third-order valence-electron chi connectivity index (χ3n) is 4.53. The van der Waals surface area contributed by atoms with Gasteiger partial charge >= 0.3 is 18.2 Å². The molecule has 33 heavy (non-hydrogen) atoms. The third-order valence-corrected chi connectivity index (χ3v) is 6.03. The van der Waals surface area contributed by atoms with E-state index in [0.717, 1.165) is 25.0 Å². The highest BCUT2D eigenvalue weighted by Gasteiger charge is 2.42. The standard InChI is InChI=1S/C16H30N4O4S.C2HF3O2.CH4/c17-5-7-23-9-10-24-8-6-18-14(21)4-2-1-3-13-15-12(11-25-13)19-16(22)20-15;3-2(4,5)1(6)7;/h12-13,15H,1-11,17H2,(H,18,21)(H2,19,20,22);(H,6,7);1H4/t12-,13-,15-;;/m0../s1. The van der Waals surface area contributed by atoms with Crippen molar-refractivity contribution in [2.45, 2.75) is 56.6 Å². The molecule has 10 nitrogen and oxygen atoms in total. The zero-order valence-electron chi connectivity index (χ0n) is 17.6. The van der Waals surface area contributed by atoms with Crippen LogP contribution in [0.3, 0.4) is 0 Å². The number of thioether (sulfide) groups is 1. The predicted octanol–water partition coefficient (Wildman–Crippen LogP) is 1.09. The largest absolute Gasteiger partial charge is 0.490 e. The van der Waals surface area contributed by atoms with Gasteiger partial charge in [0, 0.05) is 30.5 Å². The molecule has 2 saturated heterocycles. The van der Waals surface area contributed by atoms with Gasteiger partial charge in [-0.1, -0.05) is 13.8 Å². The van der Waals surface area contributed by atoms with Crippen molar-refractivity contribution in [3.63, 3.8) is 0 Å². The molecule has 6 N–H and O–H groups in total. The lowest BCUT2D eigenvalue weighted by molar-refractivity contribution is -0.192. The highest BCUT2D eigenvalue weighted by Crippen LogP contribution is 2.33. The molecule has 2 heterocycles. The summed E-state index contributed by atoms with van der Waals surface area (Å²) in [5, 5.41) is 16.4. The lowest BCUT2D eigenvalue weighted by Gasteiger charge is -2.16. The number of hydrogen-bond donors (Lipinski definition) is 5. The van der Waals surface area contributed by atoms with E-state index in [0.29, 0.717) is 51.2 Å². The van der Waals surface area contributed by atoms with E-state index in [1.165, 1.54) is 0 Å². The number of hydrogen-bond acceptors (Lipinski definition) is 7. The Bertz CT molecular complexity index is 600. The smallest absolute Gasteiger partial charge is 0.475 e. The number of carbonyl (C=O) groups is 3. The fourth-order valence-corrected chi connectivity index (χ4v) is 4.57. The molecule has 14 heteroatoms. The molecule has 0 aliphatic carbocycles. The summed E-state index contributed by atoms with van der Waals surface area (Å²) in [6.07, 6.45) is -1.64. The first-order valence-electron chi connectivity index (χ1n) is 10.3. The second-order valence-electron chi connectivity index (χ2n) is 7.03. The summed E-state index contributed by atoms with van der Waals surface area (Å²) < 4.78 is 42.3. The fourth-order valence-electron chi connectivity index (χ4n) is 3.03. The minimum absolute atomic E-state index is 0. The van der Waals surface area contributed by atoms with E-state index >= 15 is 0 Å². The molecule has 2 rings (SSSR count). The summed E-state index contributed by atoms with van der Waals surface area (Å²) in [6.45, 7) is 3.12. The molecular weight excluding hydrogens is 469 g/mol. The number of carboxylic acid groups (broad SMARTS) is 1. The van der Waals surface area contributed by atoms with E-state index in [1.54, 1.807) is 0 Å². The first-order chi connectivity index (χ1) is 15.1. The van der Waals surface area contributed by atoms with Gasteiger partial charge < -0.3 is 36.3 Å². The minimum atomic E-state index is -5.08. The van der Waals surface area contributed by atoms with E-state index in [-0.39, 0.29) is 31.4 Å². The summed E-state index contributed by atoms with van der Waals surface area (Å²) in [5.41, 5.74) is 5.30. The molecular formula is C19H35F3N4O6S. The molecule has 0 radical (unpaired) electrons. The van der Waals surface area contributed by atoms with E-state index in [1.807, 2.05) is 11.8 Å². The minimum Gasteiger partial charge on any atom is -0.475 e. The zero-order valence-corrected chi connectivity index (χ0v) is 18.4. The van der Waals surface area contributed by atoms with Gasteiger partial charge in [0.15, 0.2) is 0 Å². The number of carbonyl (C=O) groups excluding carboxylic acids is 2. The highest BCUT2D eigenvalue weighted by molar-refractivity contribution is 8.00. The average Bonchev–Trinajstić information content (AvgIpc) is 3.26. The van der Waals surface area contributed by atoms with Gasteiger partial charge in [-0.3, -0.25) is 4.79 Å². The second kappa shape index (κ2) is 16.8. The Balaban J connectivity index is 0.00000111. The van der Waals surface area contributed by atoms with Crippen LogP contribution in [0.1, 0.15) is 33.1 Å². The van der Waals surface area contributed by atoms with Crippen molar-refractivity contribution in [2.75, 3.05) is 45.3 Å². The van der Waals surface area contributed by atoms with Crippen molar-refractivity contribution < 1.29 is 42.1 Å². The van der Waals surface area contributed by atoms with Crippen molar-refractivity contribution in [2.24, 2.45) is 5.73 Å². The van der Waals surface area contributed by atoms with Crippen molar-refractivity contribution in [1.29, 1.82) is 0 Å². The Hall–Kier alpha value is -1.77. The van der Waals surface area contributed by atoms with Crippen LogP contribution in [0.5, 0.6) is 0 Å². The normalized spacial score (nSPS) is 21.1. The lowest BCUT2D eigenvalue weighted by Crippen LogP contribution is -2.36. The van der Waals surface area contributed by atoms with Crippen LogP contribution < -0.4 is 21.7 Å². The summed E-state index contributed by atoms with van der Waals surface area (Å²) in [7, 11) is 0. The van der Waals surface area contributed by atoms with Gasteiger partial charge in [-0.2, -0.15) is 24.9 Å². The number of fused-ring (bicyclic) bond motifs is 1. The van der Waals surface area contributed by atoms with Gasteiger partial charge in [-0.25, -0.2) is 9.59 Å². The van der Waals surface area contributed by atoms with E-state index in [4.69, 9.17) is 25.1 Å². The molecule has 2 aliphatic heterocycles. The van der Waals surface area contributed by atoms with Crippen LogP contribution >= 0.6 is 11.8 Å². The van der Waals surface area contributed by atoms with Gasteiger partial charge in [0.1, 0.15) is 0 Å². The zero-order chi connectivity index (χ0) is 24.0. The number of nitrogens with two attached hydrogens (primary N) is 1. The van der Waals surface area contributed by atoms with Gasteiger partial charge in [0.05, 0.1) is 38.5 Å². The number of amides is 3. The number of aliphatic carboxylic acids is 1. The second-order valence-corrected chi connectivity index (χ2v) is 8.31. The van der Waals surface area contributed by atoms with Crippen molar-refractivity contribution >= 4 is 29.7 Å². The molecule has 194 valence electrons. The van der Waals surface area contributed by atoms with Crippen molar-refractivity contribution in [1.82, 2.24) is 16.0 Å². The maximum absolute atomic E-state index is 11.8. The number of rotatable bonds is 13. The van der Waals surface area contributed by atoms with Crippen LogP contribution in [0, 0.1) is 0 Å². The van der Waals surface area contributed by atoms with Gasteiger partial charge in [0.25, 0.3) is 0 Å². The summed E-state index contributed by atoms with van der Waals surface area (Å²) in [4.78, 5) is 32.0. The maximum atomic E-state index is 11.8. The van der Waals surface area contributed by atoms with Crippen LogP contribution in [0.15, 0.2) is 0 Å². The van der Waals surface area contributed by atoms with Gasteiger partial charge in [-0.05, 0) is 12.8 Å². The maximum Gasteiger partial charge on any atom is 0.490 e. The van der Waals surface area contributed by atoms with Crippen molar-refractivity contribution in [3.05, 3.63) is 0 Å². The van der Waals surface area contributed by atoms with Crippen LogP contribution in [0.25, 0.3) is 0 Å². The van der Waals surface area contributed by atoms with Crippen LogP contribution in [-0.4, -0.2) is 91.8 Å². The van der Waals surface area contributed by atoms with Crippen molar-refractivity contribution in [3.8, 4) is 0 Å². The Kier molecular flexibility index (Phi) is 15.9. The van der Waals surface area contributed by atoms with E-state index < -0.39 is 12.1 Å². The number of halogens is 3. The Labute approximate surface area is 195 Å². The number of alkyl halides is 3. The molecule has 2 aliphatic rings. The number of urea groups is 1. The summed E-state index contributed by atoms with van der Waals surface area (Å²) >= 11 is 1.91. The van der Waals surface area contributed by atoms with Gasteiger partial charge in [-0.15, -0.1) is 0 Å². The fraction of sp³-hybridized carbons (Fsp3) is 0.842. The average molecular weight is 505 g/mol. The highest BCUT2D eigenvalue weighted by atomic mass is 32.2. The first kappa shape index (κ1) is 31.2. The lowest BCUT2D eigenvalue weighted by atomic mass is 10.0. The SMILES string of the molecule is C.NCCOCCOCCNC(=O)CCCC[C@@H]1SC[C@@H]2NC(=O)N[C@@H]21.O=C(O)C(F)(F)F. The molecule has 0 aromatic heterocycles. The molecule has 3 amide bonds. The third kappa shape index (κ3) is 13.5. The van der Waals surface area contributed by atoms with E-state index in [2.05, 4.69) is 16.0 Å². The molecule has 2 fully saturated rings. The Morgan fingerprint density at radius 1 is 1.15 bits per heavy atom. The molecule has 0 bridgehead atoms. The number of nitrogens with one attached hydrogen (secondary N) is 3. The molecule has 0 spiro atoms. The molecule has 0 saturated carbocycles. The monoisotopic (exact) mass is 504 g/mol. The van der Waals surface area contributed by atoms with E-state index in [9.17, 15) is 22.8 Å². The topological polar surface area (TPSA) is 152 Å². The van der Waals surface area contributed by atoms with Crippen LogP contribution in [0.4, 0.5) is 18.0 Å². The summed E-state index contributed by atoms with van der Waals surface area (Å²) in [6, 6.07) is 0.469. The molecule has 0 unspecified atom stereocenters. The van der Waals surface area contributed by atoms with Gasteiger partial charge in [0.2, 0.25) is 5.91 Å². The first-order valence-corrected chi connectivity index (χ1v) is 11.3. The molecule has 0 aromatic carbocycles. The quantitative estimate of drug-likeness (QED) is 0.185. The molecule has 3 atom stereocenters.